The van der Waals surface area contributed by atoms with Crippen LogP contribution in [-0.4, -0.2) is 31.3 Å². The number of halogens is 3. The summed E-state index contributed by atoms with van der Waals surface area (Å²) in [7, 11) is 0. The van der Waals surface area contributed by atoms with Gasteiger partial charge in [0, 0.05) is 17.9 Å². The highest BCUT2D eigenvalue weighted by Gasteiger charge is 2.32. The zero-order chi connectivity index (χ0) is 25.3. The summed E-state index contributed by atoms with van der Waals surface area (Å²) in [5.74, 6) is 1.14. The summed E-state index contributed by atoms with van der Waals surface area (Å²) in [5.41, 5.74) is 2.00. The van der Waals surface area contributed by atoms with E-state index in [-0.39, 0.29) is 18.4 Å². The summed E-state index contributed by atoms with van der Waals surface area (Å²) in [6.45, 7) is 0.716. The molecule has 3 aromatic rings. The lowest BCUT2D eigenvalue weighted by atomic mass is 10.0. The van der Waals surface area contributed by atoms with Crippen molar-refractivity contribution in [1.82, 2.24) is 5.32 Å². The Balaban J connectivity index is 1.22. The van der Waals surface area contributed by atoms with Crippen molar-refractivity contribution in [1.29, 1.82) is 0 Å². The SMILES string of the molecule is O=C(Nc1ccc(C(F)(F)F)cc1)N[C@@H]1CCCN(c2ccc(-c3ccc4c(c3)OCO4)cc2)C1=O. The van der Waals surface area contributed by atoms with E-state index in [2.05, 4.69) is 10.6 Å². The standard InChI is InChI=1S/C26H22F3N3O4/c27-26(28,29)18-6-8-19(9-7-18)30-25(34)31-21-2-1-13-32(24(21)33)20-10-3-16(4-11-20)17-5-12-22-23(14-17)36-15-35-22/h3-12,14,21H,1-2,13,15H2,(H2,30,31,34)/t21-/m1/s1. The Kier molecular flexibility index (Phi) is 6.17. The maximum atomic E-state index is 13.1. The number of ether oxygens (including phenoxy) is 2. The smallest absolute Gasteiger partial charge is 0.416 e. The number of anilines is 2. The van der Waals surface area contributed by atoms with Crippen LogP contribution in [0, 0.1) is 0 Å². The Labute approximate surface area is 204 Å². The molecule has 0 aliphatic carbocycles. The van der Waals surface area contributed by atoms with Crippen molar-refractivity contribution in [2.75, 3.05) is 23.6 Å². The normalized spacial score (nSPS) is 17.1. The molecule has 0 bridgehead atoms. The zero-order valence-electron chi connectivity index (χ0n) is 19.0. The van der Waals surface area contributed by atoms with Crippen molar-refractivity contribution in [3.8, 4) is 22.6 Å². The molecule has 36 heavy (non-hydrogen) atoms. The number of nitrogens with zero attached hydrogens (tertiary/aromatic N) is 1. The van der Waals surface area contributed by atoms with Gasteiger partial charge >= 0.3 is 12.2 Å². The fourth-order valence-electron chi connectivity index (χ4n) is 4.24. The number of amides is 3. The Morgan fingerprint density at radius 2 is 1.61 bits per heavy atom. The fourth-order valence-corrected chi connectivity index (χ4v) is 4.24. The van der Waals surface area contributed by atoms with Crippen LogP contribution in [0.4, 0.5) is 29.3 Å². The summed E-state index contributed by atoms with van der Waals surface area (Å²) < 4.78 is 48.9. The molecule has 0 unspecified atom stereocenters. The molecule has 7 nitrogen and oxygen atoms in total. The first-order valence-electron chi connectivity index (χ1n) is 11.3. The fraction of sp³-hybridized carbons (Fsp3) is 0.231. The van der Waals surface area contributed by atoms with Gasteiger partial charge in [0.15, 0.2) is 11.5 Å². The van der Waals surface area contributed by atoms with Gasteiger partial charge in [0.25, 0.3) is 0 Å². The number of urea groups is 1. The minimum Gasteiger partial charge on any atom is -0.454 e. The van der Waals surface area contributed by atoms with E-state index in [9.17, 15) is 22.8 Å². The number of benzene rings is 3. The summed E-state index contributed by atoms with van der Waals surface area (Å²) in [6, 6.07) is 15.9. The molecule has 1 fully saturated rings. The molecule has 2 N–H and O–H groups in total. The van der Waals surface area contributed by atoms with Crippen LogP contribution in [0.5, 0.6) is 11.5 Å². The van der Waals surface area contributed by atoms with E-state index >= 15 is 0 Å². The second kappa shape index (κ2) is 9.44. The van der Waals surface area contributed by atoms with Crippen LogP contribution >= 0.6 is 0 Å². The molecule has 10 heteroatoms. The monoisotopic (exact) mass is 497 g/mol. The highest BCUT2D eigenvalue weighted by molar-refractivity contribution is 6.01. The van der Waals surface area contributed by atoms with E-state index in [1.54, 1.807) is 4.90 Å². The number of hydrogen-bond donors (Lipinski definition) is 2. The Bertz CT molecular complexity index is 1280. The van der Waals surface area contributed by atoms with Crippen molar-refractivity contribution in [2.45, 2.75) is 25.1 Å². The molecular weight excluding hydrogens is 475 g/mol. The lowest BCUT2D eigenvalue weighted by Gasteiger charge is -2.32. The van der Waals surface area contributed by atoms with Gasteiger partial charge in [-0.05, 0) is 72.5 Å². The third-order valence-electron chi connectivity index (χ3n) is 6.10. The number of fused-ring (bicyclic) bond motifs is 1. The van der Waals surface area contributed by atoms with E-state index in [1.807, 2.05) is 42.5 Å². The van der Waals surface area contributed by atoms with Crippen molar-refractivity contribution in [3.05, 3.63) is 72.3 Å². The topological polar surface area (TPSA) is 79.9 Å². The second-order valence-electron chi connectivity index (χ2n) is 8.47. The van der Waals surface area contributed by atoms with Gasteiger partial charge in [-0.25, -0.2) is 4.79 Å². The van der Waals surface area contributed by atoms with Gasteiger partial charge in [0.2, 0.25) is 12.7 Å². The highest BCUT2D eigenvalue weighted by atomic mass is 19.4. The van der Waals surface area contributed by atoms with Gasteiger partial charge in [-0.2, -0.15) is 13.2 Å². The summed E-state index contributed by atoms with van der Waals surface area (Å²) in [5, 5.41) is 5.11. The highest BCUT2D eigenvalue weighted by Crippen LogP contribution is 2.36. The van der Waals surface area contributed by atoms with E-state index in [0.717, 1.165) is 23.3 Å². The first-order valence-corrected chi connectivity index (χ1v) is 11.3. The van der Waals surface area contributed by atoms with Crippen LogP contribution < -0.4 is 25.0 Å². The van der Waals surface area contributed by atoms with E-state index in [0.29, 0.717) is 36.6 Å². The number of carbonyl (C=O) groups excluding carboxylic acids is 2. The second-order valence-corrected chi connectivity index (χ2v) is 8.47. The summed E-state index contributed by atoms with van der Waals surface area (Å²) >= 11 is 0. The van der Waals surface area contributed by atoms with Gasteiger partial charge in [-0.15, -0.1) is 0 Å². The number of piperidine rings is 1. The van der Waals surface area contributed by atoms with Crippen molar-refractivity contribution in [2.24, 2.45) is 0 Å². The minimum absolute atomic E-state index is 0.194. The van der Waals surface area contributed by atoms with Gasteiger partial charge < -0.3 is 25.0 Å². The summed E-state index contributed by atoms with van der Waals surface area (Å²) in [4.78, 5) is 27.1. The molecule has 0 spiro atoms. The van der Waals surface area contributed by atoms with E-state index < -0.39 is 23.8 Å². The van der Waals surface area contributed by atoms with Gasteiger partial charge in [-0.3, -0.25) is 4.79 Å². The molecule has 2 aliphatic rings. The Morgan fingerprint density at radius 3 is 2.33 bits per heavy atom. The molecule has 1 atom stereocenters. The molecule has 2 aliphatic heterocycles. The molecule has 0 saturated carbocycles. The Morgan fingerprint density at radius 1 is 0.917 bits per heavy atom. The third-order valence-corrected chi connectivity index (χ3v) is 6.10. The van der Waals surface area contributed by atoms with E-state index in [1.165, 1.54) is 12.1 Å². The first-order chi connectivity index (χ1) is 17.3. The number of carbonyl (C=O) groups is 2. The number of nitrogens with one attached hydrogen (secondary N) is 2. The lowest BCUT2D eigenvalue weighted by Crippen LogP contribution is -2.53. The van der Waals surface area contributed by atoms with Crippen LogP contribution in [0.15, 0.2) is 66.7 Å². The van der Waals surface area contributed by atoms with Crippen LogP contribution in [0.1, 0.15) is 18.4 Å². The van der Waals surface area contributed by atoms with E-state index in [4.69, 9.17) is 9.47 Å². The van der Waals surface area contributed by atoms with Crippen molar-refractivity contribution in [3.63, 3.8) is 0 Å². The average molecular weight is 497 g/mol. The zero-order valence-corrected chi connectivity index (χ0v) is 19.0. The molecule has 2 heterocycles. The molecule has 1 saturated heterocycles. The van der Waals surface area contributed by atoms with Gasteiger partial charge in [0.1, 0.15) is 6.04 Å². The number of hydrogen-bond acceptors (Lipinski definition) is 4. The molecule has 0 aromatic heterocycles. The maximum absolute atomic E-state index is 13.1. The average Bonchev–Trinajstić information content (AvgIpc) is 3.33. The number of rotatable bonds is 4. The quantitative estimate of drug-likeness (QED) is 0.505. The van der Waals surface area contributed by atoms with Crippen LogP contribution in [0.2, 0.25) is 0 Å². The predicted molar refractivity (Wildman–Crippen MR) is 127 cm³/mol. The van der Waals surface area contributed by atoms with Crippen LogP contribution in [-0.2, 0) is 11.0 Å². The van der Waals surface area contributed by atoms with Gasteiger partial charge in [0.05, 0.1) is 5.56 Å². The molecular formula is C26H22F3N3O4. The number of alkyl halides is 3. The predicted octanol–water partition coefficient (Wildman–Crippen LogP) is 5.42. The third kappa shape index (κ3) is 4.93. The van der Waals surface area contributed by atoms with Crippen molar-refractivity contribution >= 4 is 23.3 Å². The molecule has 5 rings (SSSR count). The first kappa shape index (κ1) is 23.5. The lowest BCUT2D eigenvalue weighted by molar-refractivity contribution is -0.137. The Hall–Kier alpha value is -4.21. The maximum Gasteiger partial charge on any atom is 0.416 e. The largest absolute Gasteiger partial charge is 0.454 e. The van der Waals surface area contributed by atoms with Crippen LogP contribution in [0.25, 0.3) is 11.1 Å². The molecule has 186 valence electrons. The molecule has 3 aromatic carbocycles. The van der Waals surface area contributed by atoms with Crippen molar-refractivity contribution < 1.29 is 32.2 Å². The minimum atomic E-state index is -4.46. The van der Waals surface area contributed by atoms with Crippen LogP contribution in [0.3, 0.4) is 0 Å². The summed E-state index contributed by atoms with van der Waals surface area (Å²) in [6.07, 6.45) is -3.31. The molecule has 0 radical (unpaired) electrons. The van der Waals surface area contributed by atoms with Gasteiger partial charge in [-0.1, -0.05) is 18.2 Å². The molecule has 3 amide bonds.